The van der Waals surface area contributed by atoms with Crippen LogP contribution in [0.3, 0.4) is 0 Å². The van der Waals surface area contributed by atoms with Crippen molar-refractivity contribution in [1.82, 2.24) is 14.9 Å². The van der Waals surface area contributed by atoms with Crippen molar-refractivity contribution < 1.29 is 27.8 Å². The third-order valence-corrected chi connectivity index (χ3v) is 4.65. The van der Waals surface area contributed by atoms with Gasteiger partial charge >= 0.3 is 12.1 Å². The standard InChI is InChI=1S/C14H13F3N4O3S/c1-2-24-11(23)10-9(7-3-5-8(22)6-4-7)20-21-12(14(15,16)17)18-19-13(21)25-10/h3-6,9-10,20,22H,2H2,1H3. The number of phenols is 1. The van der Waals surface area contributed by atoms with Crippen LogP contribution in [-0.2, 0) is 15.7 Å². The van der Waals surface area contributed by atoms with E-state index in [4.69, 9.17) is 4.74 Å². The minimum absolute atomic E-state index is 0.000800. The van der Waals surface area contributed by atoms with Crippen molar-refractivity contribution in [2.24, 2.45) is 0 Å². The Hall–Kier alpha value is -2.43. The number of rotatable bonds is 3. The molecule has 0 bridgehead atoms. The lowest BCUT2D eigenvalue weighted by Gasteiger charge is -2.32. The fourth-order valence-corrected chi connectivity index (χ4v) is 3.45. The van der Waals surface area contributed by atoms with Gasteiger partial charge in [-0.15, -0.1) is 10.2 Å². The number of carbonyl (C=O) groups is 1. The van der Waals surface area contributed by atoms with Gasteiger partial charge in [0.2, 0.25) is 5.16 Å². The van der Waals surface area contributed by atoms with Gasteiger partial charge in [-0.3, -0.25) is 4.79 Å². The molecule has 2 atom stereocenters. The summed E-state index contributed by atoms with van der Waals surface area (Å²) in [4.78, 5) is 12.3. The van der Waals surface area contributed by atoms with Crippen LogP contribution in [0.1, 0.15) is 24.4 Å². The van der Waals surface area contributed by atoms with Crippen molar-refractivity contribution in [3.63, 3.8) is 0 Å². The Labute approximate surface area is 144 Å². The summed E-state index contributed by atoms with van der Waals surface area (Å²) < 4.78 is 44.9. The van der Waals surface area contributed by atoms with Crippen molar-refractivity contribution in [1.29, 1.82) is 0 Å². The molecule has 3 rings (SSSR count). The second-order valence-electron chi connectivity index (χ2n) is 5.13. The van der Waals surface area contributed by atoms with Crippen molar-refractivity contribution in [2.75, 3.05) is 12.0 Å². The van der Waals surface area contributed by atoms with E-state index in [0.29, 0.717) is 5.56 Å². The molecule has 1 aliphatic rings. The number of aromatic nitrogens is 3. The number of phenolic OH excluding ortho intramolecular Hbond substituents is 1. The molecule has 0 spiro atoms. The third kappa shape index (κ3) is 3.36. The number of halogens is 3. The first-order valence-corrected chi connectivity index (χ1v) is 8.10. The lowest BCUT2D eigenvalue weighted by Crippen LogP contribution is -2.40. The maximum atomic E-state index is 13.1. The highest BCUT2D eigenvalue weighted by Crippen LogP contribution is 2.40. The summed E-state index contributed by atoms with van der Waals surface area (Å²) in [6.07, 6.45) is -4.70. The van der Waals surface area contributed by atoms with E-state index < -0.39 is 29.3 Å². The topological polar surface area (TPSA) is 89.3 Å². The minimum atomic E-state index is -4.70. The fourth-order valence-electron chi connectivity index (χ4n) is 2.37. The van der Waals surface area contributed by atoms with Gasteiger partial charge in [0.15, 0.2) is 0 Å². The van der Waals surface area contributed by atoms with Gasteiger partial charge in [-0.05, 0) is 24.6 Å². The molecule has 2 unspecified atom stereocenters. The summed E-state index contributed by atoms with van der Waals surface area (Å²) in [6, 6.07) is 4.98. The zero-order valence-electron chi connectivity index (χ0n) is 12.8. The molecule has 134 valence electrons. The highest BCUT2D eigenvalue weighted by molar-refractivity contribution is 8.00. The van der Waals surface area contributed by atoms with Crippen LogP contribution in [0, 0.1) is 0 Å². The van der Waals surface area contributed by atoms with E-state index in [2.05, 4.69) is 15.6 Å². The molecule has 1 aliphatic heterocycles. The number of esters is 1. The molecule has 1 aromatic carbocycles. The second kappa shape index (κ2) is 6.47. The number of alkyl halides is 3. The molecule has 25 heavy (non-hydrogen) atoms. The number of nitrogens with one attached hydrogen (secondary N) is 1. The number of hydrogen-bond acceptors (Lipinski definition) is 7. The van der Waals surface area contributed by atoms with Crippen LogP contribution in [0.25, 0.3) is 0 Å². The smallest absolute Gasteiger partial charge is 0.453 e. The second-order valence-corrected chi connectivity index (χ2v) is 6.24. The van der Waals surface area contributed by atoms with E-state index in [9.17, 15) is 23.1 Å². The molecule has 0 amide bonds. The average molecular weight is 374 g/mol. The molecule has 0 aliphatic carbocycles. The number of ether oxygens (including phenoxy) is 1. The van der Waals surface area contributed by atoms with Gasteiger partial charge in [0.1, 0.15) is 11.0 Å². The Bertz CT molecular complexity index is 779. The Morgan fingerprint density at radius 3 is 2.64 bits per heavy atom. The van der Waals surface area contributed by atoms with E-state index in [1.54, 1.807) is 6.92 Å². The van der Waals surface area contributed by atoms with Gasteiger partial charge in [-0.1, -0.05) is 23.9 Å². The van der Waals surface area contributed by atoms with Gasteiger partial charge in [0.25, 0.3) is 5.82 Å². The van der Waals surface area contributed by atoms with Crippen molar-refractivity contribution in [2.45, 2.75) is 29.5 Å². The Morgan fingerprint density at radius 2 is 2.04 bits per heavy atom. The molecule has 0 radical (unpaired) electrons. The first kappa shape index (κ1) is 17.4. The Kier molecular flexibility index (Phi) is 4.50. The quantitative estimate of drug-likeness (QED) is 0.797. The summed E-state index contributed by atoms with van der Waals surface area (Å²) in [5.41, 5.74) is 3.16. The Morgan fingerprint density at radius 1 is 1.36 bits per heavy atom. The van der Waals surface area contributed by atoms with E-state index in [1.807, 2.05) is 0 Å². The predicted molar refractivity (Wildman–Crippen MR) is 81.5 cm³/mol. The van der Waals surface area contributed by atoms with E-state index in [0.717, 1.165) is 16.4 Å². The average Bonchev–Trinajstić information content (AvgIpc) is 2.98. The van der Waals surface area contributed by atoms with Gasteiger partial charge in [-0.25, -0.2) is 4.68 Å². The summed E-state index contributed by atoms with van der Waals surface area (Å²) >= 11 is 0.839. The molecule has 2 N–H and O–H groups in total. The molecule has 2 heterocycles. The molecule has 11 heteroatoms. The number of benzene rings is 1. The molecule has 7 nitrogen and oxygen atoms in total. The molecule has 0 saturated carbocycles. The number of carbonyl (C=O) groups excluding carboxylic acids is 1. The maximum Gasteiger partial charge on any atom is 0.453 e. The minimum Gasteiger partial charge on any atom is -0.508 e. The van der Waals surface area contributed by atoms with Crippen molar-refractivity contribution in [3.8, 4) is 5.75 Å². The third-order valence-electron chi connectivity index (χ3n) is 3.46. The number of hydrogen-bond donors (Lipinski definition) is 2. The molecule has 0 fully saturated rings. The summed E-state index contributed by atoms with van der Waals surface area (Å²) in [7, 11) is 0. The van der Waals surface area contributed by atoms with Gasteiger partial charge in [0, 0.05) is 0 Å². The monoisotopic (exact) mass is 374 g/mol. The zero-order chi connectivity index (χ0) is 18.2. The molecule has 0 saturated heterocycles. The van der Waals surface area contributed by atoms with Gasteiger partial charge in [-0.2, -0.15) is 13.2 Å². The number of fused-ring (bicyclic) bond motifs is 1. The van der Waals surface area contributed by atoms with E-state index in [1.165, 1.54) is 24.3 Å². The number of aromatic hydroxyl groups is 1. The number of nitrogens with zero attached hydrogens (tertiary/aromatic N) is 3. The lowest BCUT2D eigenvalue weighted by molar-refractivity contribution is -0.147. The van der Waals surface area contributed by atoms with Gasteiger partial charge in [0.05, 0.1) is 12.6 Å². The van der Waals surface area contributed by atoms with Crippen LogP contribution in [-0.4, -0.2) is 37.8 Å². The summed E-state index contributed by atoms with van der Waals surface area (Å²) in [5.74, 6) is -1.79. The molecular formula is C14H13F3N4O3S. The molecular weight excluding hydrogens is 361 g/mol. The highest BCUT2D eigenvalue weighted by Gasteiger charge is 2.44. The zero-order valence-corrected chi connectivity index (χ0v) is 13.6. The summed E-state index contributed by atoms with van der Waals surface area (Å²) in [6.45, 7) is 1.78. The molecule has 1 aromatic heterocycles. The van der Waals surface area contributed by atoms with Crippen LogP contribution in [0.2, 0.25) is 0 Å². The van der Waals surface area contributed by atoms with Gasteiger partial charge < -0.3 is 15.3 Å². The highest BCUT2D eigenvalue weighted by atomic mass is 32.2. The first-order valence-electron chi connectivity index (χ1n) is 7.22. The lowest BCUT2D eigenvalue weighted by atomic mass is 10.0. The summed E-state index contributed by atoms with van der Waals surface area (Å²) in [5, 5.41) is 15.1. The normalized spacial score (nSPS) is 19.8. The molecule has 2 aromatic rings. The van der Waals surface area contributed by atoms with Crippen molar-refractivity contribution >= 4 is 17.7 Å². The largest absolute Gasteiger partial charge is 0.508 e. The maximum absolute atomic E-state index is 13.1. The van der Waals surface area contributed by atoms with Crippen LogP contribution < -0.4 is 5.43 Å². The fraction of sp³-hybridized carbons (Fsp3) is 0.357. The van der Waals surface area contributed by atoms with Crippen LogP contribution in [0.15, 0.2) is 29.4 Å². The Balaban J connectivity index is 2.02. The van der Waals surface area contributed by atoms with E-state index >= 15 is 0 Å². The SMILES string of the molecule is CCOC(=O)C1Sc2nnc(C(F)(F)F)n2NC1c1ccc(O)cc1. The predicted octanol–water partition coefficient (Wildman–Crippen LogP) is 2.32. The van der Waals surface area contributed by atoms with Crippen molar-refractivity contribution in [3.05, 3.63) is 35.7 Å². The number of thioether (sulfide) groups is 1. The van der Waals surface area contributed by atoms with Crippen LogP contribution in [0.4, 0.5) is 13.2 Å². The van der Waals surface area contributed by atoms with Crippen LogP contribution >= 0.6 is 11.8 Å². The first-order chi connectivity index (χ1) is 11.8. The van der Waals surface area contributed by atoms with E-state index in [-0.39, 0.29) is 17.5 Å². The van der Waals surface area contributed by atoms with Crippen LogP contribution in [0.5, 0.6) is 5.75 Å².